The van der Waals surface area contributed by atoms with Gasteiger partial charge in [0.15, 0.2) is 0 Å². The molecule has 0 N–H and O–H groups in total. The quantitative estimate of drug-likeness (QED) is 0.787. The van der Waals surface area contributed by atoms with Gasteiger partial charge < -0.3 is 0 Å². The molecular formula is C8H12BrN3. The minimum Gasteiger partial charge on any atom is -0.285 e. The zero-order valence-electron chi connectivity index (χ0n) is 7.07. The SMILES string of the molecule is CN(Cn1ccc(Br)n1)C1CC1. The Balaban J connectivity index is 1.93. The first kappa shape index (κ1) is 8.26. The van der Waals surface area contributed by atoms with Crippen LogP contribution in [0.25, 0.3) is 0 Å². The molecule has 2 rings (SSSR count). The topological polar surface area (TPSA) is 21.1 Å². The number of hydrogen-bond acceptors (Lipinski definition) is 2. The summed E-state index contributed by atoms with van der Waals surface area (Å²) in [4.78, 5) is 2.33. The van der Waals surface area contributed by atoms with Gasteiger partial charge in [-0.1, -0.05) is 0 Å². The Labute approximate surface area is 80.5 Å². The molecule has 0 spiro atoms. The van der Waals surface area contributed by atoms with E-state index in [4.69, 9.17) is 0 Å². The first-order chi connectivity index (χ1) is 5.75. The molecule has 0 aromatic carbocycles. The molecule has 0 unspecified atom stereocenters. The molecule has 0 saturated heterocycles. The average molecular weight is 230 g/mol. The highest BCUT2D eigenvalue weighted by molar-refractivity contribution is 9.10. The van der Waals surface area contributed by atoms with Crippen molar-refractivity contribution in [2.45, 2.75) is 25.6 Å². The molecule has 1 saturated carbocycles. The van der Waals surface area contributed by atoms with E-state index in [1.165, 1.54) is 12.8 Å². The van der Waals surface area contributed by atoms with Gasteiger partial charge >= 0.3 is 0 Å². The van der Waals surface area contributed by atoms with Gasteiger partial charge in [-0.3, -0.25) is 9.58 Å². The van der Waals surface area contributed by atoms with Crippen LogP contribution in [0.1, 0.15) is 12.8 Å². The fraction of sp³-hybridized carbons (Fsp3) is 0.625. The smallest absolute Gasteiger partial charge is 0.128 e. The molecule has 1 aromatic rings. The highest BCUT2D eigenvalue weighted by Crippen LogP contribution is 2.25. The fourth-order valence-corrected chi connectivity index (χ4v) is 1.60. The number of aromatic nitrogens is 2. The highest BCUT2D eigenvalue weighted by atomic mass is 79.9. The summed E-state index contributed by atoms with van der Waals surface area (Å²) in [5.41, 5.74) is 0. The van der Waals surface area contributed by atoms with Gasteiger partial charge in [-0.05, 0) is 41.9 Å². The van der Waals surface area contributed by atoms with E-state index in [1.807, 2.05) is 16.9 Å². The third kappa shape index (κ3) is 1.87. The maximum absolute atomic E-state index is 4.25. The zero-order valence-corrected chi connectivity index (χ0v) is 8.66. The summed E-state index contributed by atoms with van der Waals surface area (Å²) < 4.78 is 2.86. The van der Waals surface area contributed by atoms with Crippen molar-refractivity contribution in [2.24, 2.45) is 0 Å². The lowest BCUT2D eigenvalue weighted by Crippen LogP contribution is -2.24. The van der Waals surface area contributed by atoms with Crippen LogP contribution in [-0.2, 0) is 6.67 Å². The van der Waals surface area contributed by atoms with Gasteiger partial charge in [0.1, 0.15) is 4.60 Å². The first-order valence-electron chi connectivity index (χ1n) is 4.15. The molecule has 0 amide bonds. The van der Waals surface area contributed by atoms with Gasteiger partial charge in [0.05, 0.1) is 6.67 Å². The minimum absolute atomic E-state index is 0.799. The van der Waals surface area contributed by atoms with Crippen LogP contribution in [0, 0.1) is 0 Å². The van der Waals surface area contributed by atoms with Crippen LogP contribution in [0.3, 0.4) is 0 Å². The highest BCUT2D eigenvalue weighted by Gasteiger charge is 2.25. The van der Waals surface area contributed by atoms with E-state index in [0.29, 0.717) is 0 Å². The third-order valence-corrected chi connectivity index (χ3v) is 2.57. The van der Waals surface area contributed by atoms with E-state index in [2.05, 4.69) is 33.0 Å². The van der Waals surface area contributed by atoms with E-state index in [1.54, 1.807) is 0 Å². The predicted octanol–water partition coefficient (Wildman–Crippen LogP) is 1.70. The van der Waals surface area contributed by atoms with E-state index < -0.39 is 0 Å². The van der Waals surface area contributed by atoms with Crippen LogP contribution in [0.15, 0.2) is 16.9 Å². The lowest BCUT2D eigenvalue weighted by atomic mass is 10.6. The summed E-state index contributed by atoms with van der Waals surface area (Å²) in [6.07, 6.45) is 4.68. The molecule has 3 nitrogen and oxygen atoms in total. The van der Waals surface area contributed by atoms with E-state index in [-0.39, 0.29) is 0 Å². The summed E-state index contributed by atoms with van der Waals surface area (Å²) in [6.45, 7) is 0.899. The van der Waals surface area contributed by atoms with Gasteiger partial charge in [-0.15, -0.1) is 0 Å². The second-order valence-corrected chi connectivity index (χ2v) is 4.12. The standard InChI is InChI=1S/C8H12BrN3/c1-11(7-2-3-7)6-12-5-4-8(9)10-12/h4-5,7H,2-3,6H2,1H3. The molecule has 0 bridgehead atoms. The fourth-order valence-electron chi connectivity index (χ4n) is 1.28. The number of nitrogens with zero attached hydrogens (tertiary/aromatic N) is 3. The van der Waals surface area contributed by atoms with Crippen molar-refractivity contribution in [3.05, 3.63) is 16.9 Å². The number of hydrogen-bond donors (Lipinski definition) is 0. The third-order valence-electron chi connectivity index (χ3n) is 2.15. The zero-order chi connectivity index (χ0) is 8.55. The maximum Gasteiger partial charge on any atom is 0.128 e. The van der Waals surface area contributed by atoms with Crippen molar-refractivity contribution >= 4 is 15.9 Å². The summed E-state index contributed by atoms with van der Waals surface area (Å²) in [7, 11) is 2.15. The molecule has 12 heavy (non-hydrogen) atoms. The van der Waals surface area contributed by atoms with Gasteiger partial charge in [0, 0.05) is 12.2 Å². The van der Waals surface area contributed by atoms with E-state index >= 15 is 0 Å². The van der Waals surface area contributed by atoms with Gasteiger partial charge in [0.2, 0.25) is 0 Å². The Kier molecular flexibility index (Phi) is 2.19. The van der Waals surface area contributed by atoms with Gasteiger partial charge in [-0.2, -0.15) is 5.10 Å². The Morgan fingerprint density at radius 2 is 2.50 bits per heavy atom. The molecular weight excluding hydrogens is 218 g/mol. The van der Waals surface area contributed by atoms with Crippen molar-refractivity contribution in [3.63, 3.8) is 0 Å². The molecule has 1 aliphatic rings. The number of rotatable bonds is 3. The van der Waals surface area contributed by atoms with E-state index in [0.717, 1.165) is 17.3 Å². The largest absolute Gasteiger partial charge is 0.285 e. The Morgan fingerprint density at radius 3 is 3.00 bits per heavy atom. The molecule has 1 aromatic heterocycles. The molecule has 0 atom stereocenters. The van der Waals surface area contributed by atoms with Crippen molar-refractivity contribution in [1.82, 2.24) is 14.7 Å². The monoisotopic (exact) mass is 229 g/mol. The molecule has 4 heteroatoms. The Morgan fingerprint density at radius 1 is 1.75 bits per heavy atom. The normalized spacial score (nSPS) is 17.2. The van der Waals surface area contributed by atoms with Crippen LogP contribution >= 0.6 is 15.9 Å². The van der Waals surface area contributed by atoms with Crippen LogP contribution in [-0.4, -0.2) is 27.8 Å². The van der Waals surface area contributed by atoms with Crippen molar-refractivity contribution in [3.8, 4) is 0 Å². The molecule has 1 fully saturated rings. The lowest BCUT2D eigenvalue weighted by Gasteiger charge is -2.14. The summed E-state index contributed by atoms with van der Waals surface area (Å²) >= 11 is 3.32. The Bertz CT molecular complexity index is 267. The lowest BCUT2D eigenvalue weighted by molar-refractivity contribution is 0.244. The molecule has 0 radical (unpaired) electrons. The van der Waals surface area contributed by atoms with Gasteiger partial charge in [0.25, 0.3) is 0 Å². The summed E-state index contributed by atoms with van der Waals surface area (Å²) in [5.74, 6) is 0. The predicted molar refractivity (Wildman–Crippen MR) is 50.7 cm³/mol. The van der Waals surface area contributed by atoms with E-state index in [9.17, 15) is 0 Å². The van der Waals surface area contributed by atoms with Crippen molar-refractivity contribution < 1.29 is 0 Å². The van der Waals surface area contributed by atoms with Gasteiger partial charge in [-0.25, -0.2) is 0 Å². The average Bonchev–Trinajstić information content (AvgIpc) is 2.78. The molecule has 0 aliphatic heterocycles. The first-order valence-corrected chi connectivity index (χ1v) is 4.94. The minimum atomic E-state index is 0.799. The van der Waals surface area contributed by atoms with Crippen LogP contribution in [0.4, 0.5) is 0 Å². The second-order valence-electron chi connectivity index (χ2n) is 3.31. The van der Waals surface area contributed by atoms with Crippen molar-refractivity contribution in [1.29, 1.82) is 0 Å². The van der Waals surface area contributed by atoms with Crippen molar-refractivity contribution in [2.75, 3.05) is 7.05 Å². The molecule has 66 valence electrons. The maximum atomic E-state index is 4.25. The Hall–Kier alpha value is -0.350. The summed E-state index contributed by atoms with van der Waals surface area (Å²) in [5, 5.41) is 4.25. The summed E-state index contributed by atoms with van der Waals surface area (Å²) in [6, 6.07) is 2.76. The molecule has 1 heterocycles. The number of halogens is 1. The van der Waals surface area contributed by atoms with Crippen LogP contribution in [0.2, 0.25) is 0 Å². The van der Waals surface area contributed by atoms with Crippen LogP contribution < -0.4 is 0 Å². The molecule has 1 aliphatic carbocycles. The second kappa shape index (κ2) is 3.18. The van der Waals surface area contributed by atoms with Crippen LogP contribution in [0.5, 0.6) is 0 Å².